The molecule has 2 unspecified atom stereocenters. The zero-order valence-electron chi connectivity index (χ0n) is 12.7. The first-order valence-electron chi connectivity index (χ1n) is 7.13. The second kappa shape index (κ2) is 5.99. The van der Waals surface area contributed by atoms with Crippen LogP contribution in [-0.2, 0) is 9.84 Å². The number of hydrogen-bond acceptors (Lipinski definition) is 4. The molecule has 0 fully saturated rings. The van der Waals surface area contributed by atoms with Crippen molar-refractivity contribution < 1.29 is 35.8 Å². The van der Waals surface area contributed by atoms with Crippen molar-refractivity contribution in [3.8, 4) is 11.5 Å². The Morgan fingerprint density at radius 3 is 2.28 bits per heavy atom. The van der Waals surface area contributed by atoms with Gasteiger partial charge in [-0.25, -0.2) is 26.0 Å². The molecule has 9 heteroatoms. The molecular formula is C16H12F4O4S. The molecule has 1 aliphatic heterocycles. The summed E-state index contributed by atoms with van der Waals surface area (Å²) in [4.78, 5) is -0.402. The molecule has 0 saturated heterocycles. The van der Waals surface area contributed by atoms with E-state index in [1.54, 1.807) is 0 Å². The molecule has 4 nitrogen and oxygen atoms in total. The molecule has 0 aliphatic carbocycles. The van der Waals surface area contributed by atoms with Crippen molar-refractivity contribution in [1.82, 2.24) is 0 Å². The van der Waals surface area contributed by atoms with E-state index in [0.29, 0.717) is 6.07 Å². The van der Waals surface area contributed by atoms with Crippen molar-refractivity contribution in [2.75, 3.05) is 0 Å². The Hall–Kier alpha value is -2.13. The van der Waals surface area contributed by atoms with Crippen LogP contribution in [0.5, 0.6) is 11.5 Å². The standard InChI is InChI=1S/C16H12F4O4S/c1-7-15(21)14-12(25(7,22)23)3-2-11(13(14)16(19)20)24-10-5-8(17)4-9(18)6-10/h2-7,15-16,21H,1H3. The highest BCUT2D eigenvalue weighted by Gasteiger charge is 2.45. The Morgan fingerprint density at radius 2 is 1.72 bits per heavy atom. The molecule has 2 aromatic rings. The topological polar surface area (TPSA) is 63.6 Å². The molecule has 0 aromatic heterocycles. The van der Waals surface area contributed by atoms with Crippen LogP contribution in [0.3, 0.4) is 0 Å². The van der Waals surface area contributed by atoms with E-state index in [0.717, 1.165) is 24.3 Å². The summed E-state index contributed by atoms with van der Waals surface area (Å²) in [6, 6.07) is 4.18. The maximum absolute atomic E-state index is 13.6. The molecule has 0 radical (unpaired) electrons. The number of ether oxygens (including phenoxy) is 1. The molecule has 25 heavy (non-hydrogen) atoms. The Balaban J connectivity index is 2.17. The van der Waals surface area contributed by atoms with Crippen LogP contribution in [0.4, 0.5) is 17.6 Å². The SMILES string of the molecule is CC1C(O)c2c(ccc(Oc3cc(F)cc(F)c3)c2C(F)F)S1(=O)=O. The van der Waals surface area contributed by atoms with E-state index >= 15 is 0 Å². The van der Waals surface area contributed by atoms with Crippen LogP contribution in [0.2, 0.25) is 0 Å². The van der Waals surface area contributed by atoms with Gasteiger partial charge in [-0.15, -0.1) is 0 Å². The van der Waals surface area contributed by atoms with E-state index in [-0.39, 0.29) is 5.75 Å². The van der Waals surface area contributed by atoms with Crippen molar-refractivity contribution in [2.24, 2.45) is 0 Å². The Kier molecular flexibility index (Phi) is 4.24. The largest absolute Gasteiger partial charge is 0.457 e. The normalized spacial score (nSPS) is 21.4. The maximum Gasteiger partial charge on any atom is 0.267 e. The van der Waals surface area contributed by atoms with E-state index in [2.05, 4.69) is 0 Å². The quantitative estimate of drug-likeness (QED) is 0.826. The summed E-state index contributed by atoms with van der Waals surface area (Å²) in [5, 5.41) is 8.82. The molecule has 0 spiro atoms. The molecule has 0 amide bonds. The Labute approximate surface area is 140 Å². The monoisotopic (exact) mass is 376 g/mol. The summed E-state index contributed by atoms with van der Waals surface area (Å²) < 4.78 is 83.1. The molecule has 1 N–H and O–H groups in total. The van der Waals surface area contributed by atoms with Crippen LogP contribution < -0.4 is 4.74 Å². The second-order valence-corrected chi connectivity index (χ2v) is 7.87. The molecule has 2 aromatic carbocycles. The molecule has 1 aliphatic rings. The Morgan fingerprint density at radius 1 is 1.12 bits per heavy atom. The fourth-order valence-corrected chi connectivity index (χ4v) is 4.45. The molecule has 2 atom stereocenters. The van der Waals surface area contributed by atoms with Gasteiger partial charge in [-0.3, -0.25) is 0 Å². The summed E-state index contributed by atoms with van der Waals surface area (Å²) in [6.45, 7) is 1.21. The third-order valence-electron chi connectivity index (χ3n) is 4.03. The van der Waals surface area contributed by atoms with Crippen LogP contribution in [0.1, 0.15) is 30.6 Å². The van der Waals surface area contributed by atoms with Gasteiger partial charge in [0.25, 0.3) is 6.43 Å². The summed E-state index contributed by atoms with van der Waals surface area (Å²) >= 11 is 0. The fraction of sp³-hybridized carbons (Fsp3) is 0.250. The van der Waals surface area contributed by atoms with Crippen LogP contribution in [0, 0.1) is 11.6 Å². The van der Waals surface area contributed by atoms with Gasteiger partial charge in [0, 0.05) is 23.8 Å². The van der Waals surface area contributed by atoms with Crippen LogP contribution in [-0.4, -0.2) is 18.8 Å². The van der Waals surface area contributed by atoms with Crippen molar-refractivity contribution in [1.29, 1.82) is 0 Å². The van der Waals surface area contributed by atoms with Gasteiger partial charge in [-0.05, 0) is 19.1 Å². The maximum atomic E-state index is 13.6. The molecule has 0 saturated carbocycles. The number of fused-ring (bicyclic) bond motifs is 1. The van der Waals surface area contributed by atoms with E-state index in [9.17, 15) is 31.1 Å². The third kappa shape index (κ3) is 2.87. The summed E-state index contributed by atoms with van der Waals surface area (Å²) in [5.41, 5.74) is -1.26. The molecule has 3 rings (SSSR count). The fourth-order valence-electron chi connectivity index (χ4n) is 2.78. The molecule has 134 valence electrons. The van der Waals surface area contributed by atoms with Crippen LogP contribution in [0.15, 0.2) is 35.2 Å². The zero-order chi connectivity index (χ0) is 18.5. The van der Waals surface area contributed by atoms with Crippen molar-refractivity contribution in [2.45, 2.75) is 29.6 Å². The summed E-state index contributed by atoms with van der Waals surface area (Å²) in [7, 11) is -3.95. The first-order chi connectivity index (χ1) is 11.6. The second-order valence-electron chi connectivity index (χ2n) is 5.59. The molecular weight excluding hydrogens is 364 g/mol. The lowest BCUT2D eigenvalue weighted by molar-refractivity contribution is 0.133. The number of alkyl halides is 2. The average molecular weight is 376 g/mol. The highest BCUT2D eigenvalue weighted by molar-refractivity contribution is 7.92. The third-order valence-corrected chi connectivity index (χ3v) is 6.23. The minimum atomic E-state index is -3.95. The van der Waals surface area contributed by atoms with Crippen molar-refractivity contribution >= 4 is 9.84 Å². The number of benzene rings is 2. The molecule has 1 heterocycles. The van der Waals surface area contributed by atoms with Gasteiger partial charge in [0.15, 0.2) is 9.84 Å². The van der Waals surface area contributed by atoms with Crippen LogP contribution >= 0.6 is 0 Å². The lowest BCUT2D eigenvalue weighted by atomic mass is 10.00. The smallest absolute Gasteiger partial charge is 0.267 e. The van der Waals surface area contributed by atoms with Crippen molar-refractivity contribution in [3.63, 3.8) is 0 Å². The highest BCUT2D eigenvalue weighted by Crippen LogP contribution is 2.47. The molecule has 0 bridgehead atoms. The minimum Gasteiger partial charge on any atom is -0.457 e. The first kappa shape index (κ1) is 17.7. The minimum absolute atomic E-state index is 0.372. The van der Waals surface area contributed by atoms with Gasteiger partial charge in [0.1, 0.15) is 23.1 Å². The number of aliphatic hydroxyl groups is 1. The van der Waals surface area contributed by atoms with E-state index in [4.69, 9.17) is 4.74 Å². The predicted octanol–water partition coefficient (Wildman–Crippen LogP) is 3.90. The highest BCUT2D eigenvalue weighted by atomic mass is 32.2. The van der Waals surface area contributed by atoms with E-state index in [1.165, 1.54) is 6.92 Å². The van der Waals surface area contributed by atoms with Gasteiger partial charge in [-0.2, -0.15) is 0 Å². The van der Waals surface area contributed by atoms with Gasteiger partial charge in [0.2, 0.25) is 0 Å². The number of hydrogen-bond donors (Lipinski definition) is 1. The van der Waals surface area contributed by atoms with Gasteiger partial charge < -0.3 is 9.84 Å². The number of aliphatic hydroxyl groups excluding tert-OH is 1. The summed E-state index contributed by atoms with van der Waals surface area (Å²) in [6.07, 6.45) is -4.82. The van der Waals surface area contributed by atoms with Gasteiger partial charge in [0.05, 0.1) is 21.8 Å². The van der Waals surface area contributed by atoms with Gasteiger partial charge in [-0.1, -0.05) is 0 Å². The van der Waals surface area contributed by atoms with Gasteiger partial charge >= 0.3 is 0 Å². The van der Waals surface area contributed by atoms with E-state index in [1.807, 2.05) is 0 Å². The first-order valence-corrected chi connectivity index (χ1v) is 8.68. The predicted molar refractivity (Wildman–Crippen MR) is 79.4 cm³/mol. The van der Waals surface area contributed by atoms with E-state index < -0.39 is 61.0 Å². The number of halogens is 4. The lowest BCUT2D eigenvalue weighted by Crippen LogP contribution is -2.16. The van der Waals surface area contributed by atoms with Crippen LogP contribution in [0.25, 0.3) is 0 Å². The Bertz CT molecular complexity index is 923. The lowest BCUT2D eigenvalue weighted by Gasteiger charge is -2.16. The average Bonchev–Trinajstić information content (AvgIpc) is 2.67. The number of sulfone groups is 1. The number of rotatable bonds is 3. The van der Waals surface area contributed by atoms with Crippen molar-refractivity contribution in [3.05, 3.63) is 53.1 Å². The summed E-state index contributed by atoms with van der Waals surface area (Å²) in [5.74, 6) is -2.79. The zero-order valence-corrected chi connectivity index (χ0v) is 13.5.